The van der Waals surface area contributed by atoms with Crippen LogP contribution >= 0.6 is 0 Å². The molecule has 0 saturated heterocycles. The summed E-state index contributed by atoms with van der Waals surface area (Å²) in [4.78, 5) is 30.8. The molecule has 2 aromatic heterocycles. The van der Waals surface area contributed by atoms with Crippen molar-refractivity contribution >= 4 is 16.9 Å². The van der Waals surface area contributed by atoms with Crippen molar-refractivity contribution < 1.29 is 14.6 Å². The van der Waals surface area contributed by atoms with Gasteiger partial charge in [0.25, 0.3) is 5.56 Å². The molecule has 2 aromatic carbocycles. The fourth-order valence-electron chi connectivity index (χ4n) is 4.65. The second-order valence-electron chi connectivity index (χ2n) is 8.10. The molecule has 152 valence electrons. The molecule has 4 aromatic rings. The summed E-state index contributed by atoms with van der Waals surface area (Å²) < 4.78 is 6.91. The topological polar surface area (TPSA) is 81.4 Å². The van der Waals surface area contributed by atoms with Crippen LogP contribution in [0.25, 0.3) is 22.3 Å². The lowest BCUT2D eigenvalue weighted by Gasteiger charge is -2.32. The van der Waals surface area contributed by atoms with Crippen molar-refractivity contribution in [3.63, 3.8) is 0 Å². The quantitative estimate of drug-likeness (QED) is 0.453. The number of fused-ring (bicyclic) bond motifs is 5. The maximum absolute atomic E-state index is 13.3. The third-order valence-corrected chi connectivity index (χ3v) is 6.21. The number of aromatic nitrogens is 2. The Morgan fingerprint density at radius 3 is 2.65 bits per heavy atom. The average Bonchev–Trinajstić information content (AvgIpc) is 3.14. The minimum absolute atomic E-state index is 0.0283. The highest BCUT2D eigenvalue weighted by atomic mass is 16.6. The van der Waals surface area contributed by atoms with Gasteiger partial charge in [0.05, 0.1) is 29.0 Å². The summed E-state index contributed by atoms with van der Waals surface area (Å²) in [5, 5.41) is 12.5. The van der Waals surface area contributed by atoms with Crippen LogP contribution in [0.3, 0.4) is 0 Å². The van der Waals surface area contributed by atoms with Gasteiger partial charge in [0.1, 0.15) is 6.61 Å². The third kappa shape index (κ3) is 2.58. The Balaban J connectivity index is 1.57. The monoisotopic (exact) mass is 410 g/mol. The predicted molar refractivity (Wildman–Crippen MR) is 114 cm³/mol. The van der Waals surface area contributed by atoms with Gasteiger partial charge in [-0.05, 0) is 23.8 Å². The molecule has 4 heterocycles. The Morgan fingerprint density at radius 1 is 1.03 bits per heavy atom. The lowest BCUT2D eigenvalue weighted by molar-refractivity contribution is -0.171. The zero-order valence-electron chi connectivity index (χ0n) is 16.5. The van der Waals surface area contributed by atoms with Gasteiger partial charge in [0, 0.05) is 22.9 Å². The number of aliphatic hydroxyl groups is 1. The molecule has 0 saturated carbocycles. The highest BCUT2D eigenvalue weighted by Gasteiger charge is 2.46. The lowest BCUT2D eigenvalue weighted by atomic mass is 9.83. The molecule has 6 heteroatoms. The molecule has 2 aliphatic heterocycles. The minimum atomic E-state index is -1.93. The first kappa shape index (κ1) is 18.0. The summed E-state index contributed by atoms with van der Waals surface area (Å²) >= 11 is 0. The van der Waals surface area contributed by atoms with Gasteiger partial charge in [-0.2, -0.15) is 0 Å². The van der Waals surface area contributed by atoms with Crippen molar-refractivity contribution in [2.24, 2.45) is 0 Å². The van der Waals surface area contributed by atoms with Crippen LogP contribution in [0.5, 0.6) is 0 Å². The maximum Gasteiger partial charge on any atom is 0.343 e. The Kier molecular flexibility index (Phi) is 3.70. The van der Waals surface area contributed by atoms with E-state index in [0.717, 1.165) is 22.0 Å². The van der Waals surface area contributed by atoms with Gasteiger partial charge in [0.2, 0.25) is 0 Å². The van der Waals surface area contributed by atoms with E-state index in [-0.39, 0.29) is 18.6 Å². The SMILES string of the molecule is O=C1OCc2c(cc3n(c2=O)Cc2cc4ccccc4nc2-3)C1(O)Cc1ccccc1. The number of carbonyl (C=O) groups excluding carboxylic acids is 1. The van der Waals surface area contributed by atoms with Gasteiger partial charge in [0.15, 0.2) is 5.60 Å². The van der Waals surface area contributed by atoms with Crippen molar-refractivity contribution in [2.45, 2.75) is 25.2 Å². The van der Waals surface area contributed by atoms with Gasteiger partial charge in [-0.1, -0.05) is 48.5 Å². The van der Waals surface area contributed by atoms with Crippen LogP contribution in [0.4, 0.5) is 0 Å². The van der Waals surface area contributed by atoms with Crippen LogP contribution < -0.4 is 5.56 Å². The highest BCUT2D eigenvalue weighted by Crippen LogP contribution is 2.38. The van der Waals surface area contributed by atoms with Crippen molar-refractivity contribution in [1.29, 1.82) is 0 Å². The van der Waals surface area contributed by atoms with Gasteiger partial charge < -0.3 is 14.4 Å². The molecule has 0 radical (unpaired) electrons. The number of carbonyl (C=O) groups is 1. The fraction of sp³-hybridized carbons (Fsp3) is 0.160. The summed E-state index contributed by atoms with van der Waals surface area (Å²) in [5.41, 5.74) is 2.32. The van der Waals surface area contributed by atoms with E-state index < -0.39 is 11.6 Å². The molecule has 6 nitrogen and oxygen atoms in total. The van der Waals surface area contributed by atoms with E-state index in [1.807, 2.05) is 60.7 Å². The number of cyclic esters (lactones) is 1. The largest absolute Gasteiger partial charge is 0.458 e. The number of pyridine rings is 2. The second-order valence-corrected chi connectivity index (χ2v) is 8.10. The number of nitrogens with zero attached hydrogens (tertiary/aromatic N) is 2. The van der Waals surface area contributed by atoms with Crippen molar-refractivity contribution in [3.05, 3.63) is 99.3 Å². The first-order valence-electron chi connectivity index (χ1n) is 10.1. The number of para-hydroxylation sites is 1. The van der Waals surface area contributed by atoms with E-state index in [2.05, 4.69) is 0 Å². The molecule has 31 heavy (non-hydrogen) atoms. The van der Waals surface area contributed by atoms with E-state index in [4.69, 9.17) is 9.72 Å². The third-order valence-electron chi connectivity index (χ3n) is 6.21. The summed E-state index contributed by atoms with van der Waals surface area (Å²) in [6.07, 6.45) is 0.0283. The van der Waals surface area contributed by atoms with Crippen molar-refractivity contribution in [2.75, 3.05) is 0 Å². The van der Waals surface area contributed by atoms with Crippen molar-refractivity contribution in [1.82, 2.24) is 9.55 Å². The average molecular weight is 410 g/mol. The molecule has 0 spiro atoms. The predicted octanol–water partition coefficient (Wildman–Crippen LogP) is 2.91. The molecule has 1 N–H and O–H groups in total. The van der Waals surface area contributed by atoms with Crippen LogP contribution in [0.1, 0.15) is 22.3 Å². The number of ether oxygens (including phenoxy) is 1. The molecular formula is C25H18N2O4. The summed E-state index contributed by atoms with van der Waals surface area (Å²) in [6.45, 7) is 0.260. The zero-order chi connectivity index (χ0) is 21.2. The number of benzene rings is 2. The second kappa shape index (κ2) is 6.36. The molecule has 0 amide bonds. The smallest absolute Gasteiger partial charge is 0.343 e. The molecule has 1 unspecified atom stereocenters. The van der Waals surface area contributed by atoms with Gasteiger partial charge in [-0.15, -0.1) is 0 Å². The normalized spacial score (nSPS) is 18.9. The fourth-order valence-corrected chi connectivity index (χ4v) is 4.65. The van der Waals surface area contributed by atoms with E-state index in [9.17, 15) is 14.7 Å². The summed E-state index contributed by atoms with van der Waals surface area (Å²) in [6, 6.07) is 20.8. The van der Waals surface area contributed by atoms with E-state index >= 15 is 0 Å². The van der Waals surface area contributed by atoms with Crippen LogP contribution in [-0.4, -0.2) is 20.6 Å². The first-order chi connectivity index (χ1) is 15.0. The molecule has 0 fully saturated rings. The van der Waals surface area contributed by atoms with Crippen molar-refractivity contribution in [3.8, 4) is 11.4 Å². The van der Waals surface area contributed by atoms with E-state index in [1.165, 1.54) is 0 Å². The first-order valence-corrected chi connectivity index (χ1v) is 10.1. The highest BCUT2D eigenvalue weighted by molar-refractivity contribution is 5.86. The number of rotatable bonds is 2. The Labute approximate surface area is 177 Å². The van der Waals surface area contributed by atoms with Crippen LogP contribution in [0.2, 0.25) is 0 Å². The summed E-state index contributed by atoms with van der Waals surface area (Å²) in [7, 11) is 0. The standard InChI is InChI=1S/C25H18N2O4/c28-23-18-14-31-24(29)25(30,12-15-6-2-1-3-7-15)19(18)11-21-22-17(13-27(21)23)10-16-8-4-5-9-20(16)26-22/h1-11,30H,12-14H2. The van der Waals surface area contributed by atoms with Crippen LogP contribution in [-0.2, 0) is 34.7 Å². The van der Waals surface area contributed by atoms with Gasteiger partial charge in [-0.25, -0.2) is 9.78 Å². The van der Waals surface area contributed by atoms with E-state index in [0.29, 0.717) is 29.1 Å². The minimum Gasteiger partial charge on any atom is -0.458 e. The van der Waals surface area contributed by atoms with Gasteiger partial charge >= 0.3 is 5.97 Å². The molecule has 0 bridgehead atoms. The number of hydrogen-bond acceptors (Lipinski definition) is 5. The molecule has 0 aliphatic carbocycles. The van der Waals surface area contributed by atoms with Gasteiger partial charge in [-0.3, -0.25) is 4.79 Å². The number of hydrogen-bond donors (Lipinski definition) is 1. The van der Waals surface area contributed by atoms with Crippen LogP contribution in [0, 0.1) is 0 Å². The molecule has 6 rings (SSSR count). The Hall–Kier alpha value is -3.77. The molecule has 2 aliphatic rings. The number of esters is 1. The molecule has 1 atom stereocenters. The Morgan fingerprint density at radius 2 is 1.81 bits per heavy atom. The Bertz CT molecular complexity index is 1440. The zero-order valence-corrected chi connectivity index (χ0v) is 16.5. The maximum atomic E-state index is 13.3. The molecular weight excluding hydrogens is 392 g/mol. The lowest BCUT2D eigenvalue weighted by Crippen LogP contribution is -2.46. The van der Waals surface area contributed by atoms with Crippen LogP contribution in [0.15, 0.2) is 71.5 Å². The van der Waals surface area contributed by atoms with E-state index in [1.54, 1.807) is 10.6 Å². The summed E-state index contributed by atoms with van der Waals surface area (Å²) in [5.74, 6) is -0.738.